The van der Waals surface area contributed by atoms with Crippen molar-refractivity contribution in [1.29, 1.82) is 0 Å². The maximum atomic E-state index is 4.80. The summed E-state index contributed by atoms with van der Waals surface area (Å²) in [6.07, 6.45) is 5.75. The number of aryl methyl sites for hydroxylation is 2. The molecule has 0 amide bonds. The van der Waals surface area contributed by atoms with E-state index in [0.717, 1.165) is 73.7 Å². The fourth-order valence-electron chi connectivity index (χ4n) is 4.37. The van der Waals surface area contributed by atoms with Crippen LogP contribution in [0.3, 0.4) is 0 Å². The van der Waals surface area contributed by atoms with Crippen LogP contribution in [0, 0.1) is 0 Å². The van der Waals surface area contributed by atoms with E-state index in [9.17, 15) is 0 Å². The Bertz CT molecular complexity index is 1000. The molecule has 5 heterocycles. The lowest BCUT2D eigenvalue weighted by Crippen LogP contribution is -2.24. The molecule has 170 valence electrons. The Morgan fingerprint density at radius 3 is 1.69 bits per heavy atom. The number of fused-ring (bicyclic) bond motifs is 2. The fraction of sp³-hybridized carbons (Fsp3) is 0.636. The molecule has 10 nitrogen and oxygen atoms in total. The van der Waals surface area contributed by atoms with Crippen LogP contribution in [0.1, 0.15) is 101 Å². The predicted molar refractivity (Wildman–Crippen MR) is 121 cm³/mol. The van der Waals surface area contributed by atoms with E-state index in [-0.39, 0.29) is 12.1 Å². The summed E-state index contributed by atoms with van der Waals surface area (Å²) >= 11 is 0. The van der Waals surface area contributed by atoms with Crippen LogP contribution in [0.4, 0.5) is 11.6 Å². The Morgan fingerprint density at radius 2 is 1.25 bits per heavy atom. The number of nitrogens with zero attached hydrogens (tertiary/aromatic N) is 8. The van der Waals surface area contributed by atoms with Gasteiger partial charge in [-0.2, -0.15) is 10.2 Å². The van der Waals surface area contributed by atoms with Crippen molar-refractivity contribution in [2.75, 3.05) is 10.6 Å². The fourth-order valence-corrected chi connectivity index (χ4v) is 4.37. The molecule has 0 saturated heterocycles. The Labute approximate surface area is 188 Å². The van der Waals surface area contributed by atoms with Gasteiger partial charge in [0, 0.05) is 31.0 Å². The highest BCUT2D eigenvalue weighted by atomic mass is 15.4. The predicted octanol–water partition coefficient (Wildman–Crippen LogP) is 3.80. The minimum Gasteiger partial charge on any atom is -0.360 e. The summed E-state index contributed by atoms with van der Waals surface area (Å²) in [5.74, 6) is 6.01. The second-order valence-electron chi connectivity index (χ2n) is 9.38. The molecule has 2 N–H and O–H groups in total. The van der Waals surface area contributed by atoms with Crippen LogP contribution in [0.25, 0.3) is 0 Å². The van der Waals surface area contributed by atoms with Gasteiger partial charge in [-0.15, -0.1) is 0 Å². The zero-order chi connectivity index (χ0) is 22.2. The topological polar surface area (TPSA) is 111 Å². The van der Waals surface area contributed by atoms with Crippen LogP contribution in [0.2, 0.25) is 0 Å². The second kappa shape index (κ2) is 8.48. The lowest BCUT2D eigenvalue weighted by Gasteiger charge is -2.25. The van der Waals surface area contributed by atoms with Gasteiger partial charge in [-0.05, 0) is 25.7 Å². The van der Waals surface area contributed by atoms with Gasteiger partial charge in [0.25, 0.3) is 0 Å². The third kappa shape index (κ3) is 4.05. The highest BCUT2D eigenvalue weighted by molar-refractivity contribution is 5.48. The molecule has 5 rings (SSSR count). The van der Waals surface area contributed by atoms with E-state index >= 15 is 0 Å². The molecule has 0 fully saturated rings. The third-order valence-corrected chi connectivity index (χ3v) is 6.13. The van der Waals surface area contributed by atoms with E-state index in [2.05, 4.69) is 58.5 Å². The summed E-state index contributed by atoms with van der Waals surface area (Å²) in [6, 6.07) is 2.16. The van der Waals surface area contributed by atoms with Crippen LogP contribution in [-0.4, -0.2) is 39.5 Å². The summed E-state index contributed by atoms with van der Waals surface area (Å²) in [5, 5.41) is 16.5. The molecular formula is C22H32N10. The van der Waals surface area contributed by atoms with E-state index in [1.807, 2.05) is 15.4 Å². The van der Waals surface area contributed by atoms with Gasteiger partial charge >= 0.3 is 0 Å². The monoisotopic (exact) mass is 436 g/mol. The Balaban J connectivity index is 1.33. The Hall–Kier alpha value is -3.04. The first-order chi connectivity index (χ1) is 15.5. The Kier molecular flexibility index (Phi) is 5.52. The quantitative estimate of drug-likeness (QED) is 0.600. The summed E-state index contributed by atoms with van der Waals surface area (Å²) in [6.45, 7) is 10.4. The average Bonchev–Trinajstić information content (AvgIpc) is 3.40. The van der Waals surface area contributed by atoms with Crippen LogP contribution in [0.15, 0.2) is 12.4 Å². The van der Waals surface area contributed by atoms with Crippen molar-refractivity contribution in [2.24, 2.45) is 0 Å². The second-order valence-corrected chi connectivity index (χ2v) is 9.38. The number of aromatic nitrogens is 8. The van der Waals surface area contributed by atoms with Crippen molar-refractivity contribution < 1.29 is 0 Å². The van der Waals surface area contributed by atoms with Crippen molar-refractivity contribution in [3.05, 3.63) is 35.7 Å². The molecule has 10 heteroatoms. The summed E-state index contributed by atoms with van der Waals surface area (Å²) in [4.78, 5) is 18.5. The largest absolute Gasteiger partial charge is 0.360 e. The van der Waals surface area contributed by atoms with Gasteiger partial charge in [-0.25, -0.2) is 29.3 Å². The van der Waals surface area contributed by atoms with E-state index in [0.29, 0.717) is 11.8 Å². The molecular weight excluding hydrogens is 404 g/mol. The first-order valence-electron chi connectivity index (χ1n) is 11.7. The highest BCUT2D eigenvalue weighted by Gasteiger charge is 2.27. The van der Waals surface area contributed by atoms with Crippen molar-refractivity contribution >= 4 is 11.6 Å². The lowest BCUT2D eigenvalue weighted by molar-refractivity contribution is 0.435. The summed E-state index contributed by atoms with van der Waals surface area (Å²) in [7, 11) is 0. The van der Waals surface area contributed by atoms with Crippen LogP contribution < -0.4 is 10.6 Å². The van der Waals surface area contributed by atoms with Crippen molar-refractivity contribution in [2.45, 2.75) is 90.4 Å². The van der Waals surface area contributed by atoms with Gasteiger partial charge in [-0.3, -0.25) is 0 Å². The van der Waals surface area contributed by atoms with Gasteiger partial charge in [0.1, 0.15) is 29.6 Å². The number of hydrogen-bond acceptors (Lipinski definition) is 8. The molecule has 2 atom stereocenters. The zero-order valence-electron chi connectivity index (χ0n) is 19.3. The molecule has 0 radical (unpaired) electrons. The molecule has 2 aliphatic rings. The molecule has 0 aliphatic carbocycles. The number of hydrogen-bond donors (Lipinski definition) is 2. The van der Waals surface area contributed by atoms with Gasteiger partial charge in [0.15, 0.2) is 11.6 Å². The van der Waals surface area contributed by atoms with Gasteiger partial charge in [0.05, 0.1) is 12.1 Å². The first-order valence-corrected chi connectivity index (χ1v) is 11.7. The maximum Gasteiger partial charge on any atom is 0.153 e. The minimum absolute atomic E-state index is 0.0953. The van der Waals surface area contributed by atoms with E-state index in [1.165, 1.54) is 0 Å². The number of anilines is 2. The van der Waals surface area contributed by atoms with Crippen LogP contribution in [0.5, 0.6) is 0 Å². The smallest absolute Gasteiger partial charge is 0.153 e. The zero-order valence-corrected chi connectivity index (χ0v) is 19.3. The Morgan fingerprint density at radius 1 is 0.781 bits per heavy atom. The molecule has 0 bridgehead atoms. The van der Waals surface area contributed by atoms with Crippen molar-refractivity contribution in [3.8, 4) is 0 Å². The highest BCUT2D eigenvalue weighted by Crippen LogP contribution is 2.30. The molecule has 2 aliphatic heterocycles. The van der Waals surface area contributed by atoms with Crippen LogP contribution >= 0.6 is 0 Å². The maximum absolute atomic E-state index is 4.80. The van der Waals surface area contributed by atoms with E-state index in [1.54, 1.807) is 6.33 Å². The standard InChI is InChI=1S/C22H32N10/c1-13(2)19-27-21-15(7-5-9-31(21)29-19)25-17-11-18(24-12-23-17)26-16-8-6-10-32-22(16)28-20(30-32)14(3)4/h11-16H,5-10H2,1-4H3,(H2,23,24,25,26). The number of nitrogens with one attached hydrogen (secondary N) is 2. The summed E-state index contributed by atoms with van der Waals surface area (Å²) in [5.41, 5.74) is 0. The van der Waals surface area contributed by atoms with Gasteiger partial charge in [-0.1, -0.05) is 27.7 Å². The number of rotatable bonds is 6. The van der Waals surface area contributed by atoms with Crippen molar-refractivity contribution in [3.63, 3.8) is 0 Å². The molecule has 32 heavy (non-hydrogen) atoms. The van der Waals surface area contributed by atoms with Crippen molar-refractivity contribution in [1.82, 2.24) is 39.5 Å². The molecule has 2 unspecified atom stereocenters. The van der Waals surface area contributed by atoms with Gasteiger partial charge in [0.2, 0.25) is 0 Å². The molecule has 3 aromatic heterocycles. The average molecular weight is 437 g/mol. The molecule has 3 aromatic rings. The van der Waals surface area contributed by atoms with Gasteiger partial charge < -0.3 is 10.6 Å². The van der Waals surface area contributed by atoms with E-state index in [4.69, 9.17) is 9.97 Å². The first kappa shape index (κ1) is 20.8. The molecule has 0 aromatic carbocycles. The SMILES string of the molecule is CC(C)c1nc2n(n1)CCCC2Nc1cc(NC2CCCn3nc(C(C)C)nc32)ncn1. The molecule has 0 saturated carbocycles. The third-order valence-electron chi connectivity index (χ3n) is 6.13. The minimum atomic E-state index is 0.0953. The normalized spacial score (nSPS) is 20.3. The lowest BCUT2D eigenvalue weighted by atomic mass is 10.1. The van der Waals surface area contributed by atoms with E-state index < -0.39 is 0 Å². The molecule has 0 spiro atoms. The van der Waals surface area contributed by atoms with Crippen LogP contribution in [-0.2, 0) is 13.1 Å². The summed E-state index contributed by atoms with van der Waals surface area (Å²) < 4.78 is 4.08.